The van der Waals surface area contributed by atoms with E-state index < -0.39 is 24.5 Å². The molecule has 0 radical (unpaired) electrons. The molecule has 0 aliphatic heterocycles. The summed E-state index contributed by atoms with van der Waals surface area (Å²) in [6, 6.07) is 0.314. The van der Waals surface area contributed by atoms with Crippen LogP contribution in [0.15, 0.2) is 35.6 Å². The lowest BCUT2D eigenvalue weighted by atomic mass is 10.0. The molecule has 0 aromatic heterocycles. The first-order valence-electron chi connectivity index (χ1n) is 9.78. The average Bonchev–Trinajstić information content (AvgIpc) is 2.93. The van der Waals surface area contributed by atoms with Crippen molar-refractivity contribution in [2.75, 3.05) is 27.7 Å². The van der Waals surface area contributed by atoms with E-state index in [-0.39, 0.29) is 6.09 Å². The Labute approximate surface area is 178 Å². The van der Waals surface area contributed by atoms with Crippen LogP contribution in [0.25, 0.3) is 0 Å². The SMILES string of the molecule is CC.CCN(C)C(=O)OC1=CC=CCC(C(C)N(C)C)=C1.O=C(O)C[C@@H](O)C(=O)O. The second-order valence-electron chi connectivity index (χ2n) is 6.39. The van der Waals surface area contributed by atoms with Gasteiger partial charge < -0.3 is 29.9 Å². The Bertz CT molecular complexity index is 639. The van der Waals surface area contributed by atoms with E-state index >= 15 is 0 Å². The highest BCUT2D eigenvalue weighted by atomic mass is 16.6. The number of carbonyl (C=O) groups is 3. The van der Waals surface area contributed by atoms with E-state index in [0.717, 1.165) is 6.42 Å². The van der Waals surface area contributed by atoms with Gasteiger partial charge in [0.25, 0.3) is 0 Å². The van der Waals surface area contributed by atoms with Gasteiger partial charge in [-0.25, -0.2) is 9.59 Å². The van der Waals surface area contributed by atoms with Crippen LogP contribution in [0.2, 0.25) is 0 Å². The lowest BCUT2D eigenvalue weighted by Crippen LogP contribution is -2.28. The standard InChI is InChI=1S/C15H24N2O2.C4H6O5.C2H6/c1-6-17(5)15(18)19-14-10-8-7-9-13(11-14)12(2)16(3)4;5-2(4(8)9)1-3(6)7;1-2/h7-8,10-12H,6,9H2,1-5H3;2,5H,1H2,(H,6,7)(H,8,9);1-2H3/t;2-;/m.1./s1. The van der Waals surface area contributed by atoms with Gasteiger partial charge >= 0.3 is 18.0 Å². The number of carboxylic acid groups (broad SMARTS) is 2. The molecule has 2 atom stereocenters. The Morgan fingerprint density at radius 3 is 2.13 bits per heavy atom. The Morgan fingerprint density at radius 2 is 1.73 bits per heavy atom. The summed E-state index contributed by atoms with van der Waals surface area (Å²) in [4.78, 5) is 34.9. The fraction of sp³-hybridized carbons (Fsp3) is 0.571. The van der Waals surface area contributed by atoms with Gasteiger partial charge in [0, 0.05) is 19.6 Å². The van der Waals surface area contributed by atoms with Crippen molar-refractivity contribution < 1.29 is 34.4 Å². The number of carboxylic acids is 2. The number of rotatable bonds is 7. The lowest BCUT2D eigenvalue weighted by Gasteiger charge is -2.22. The van der Waals surface area contributed by atoms with Crippen LogP contribution in [0.1, 0.15) is 40.5 Å². The molecule has 9 heteroatoms. The number of hydrogen-bond donors (Lipinski definition) is 3. The first kappa shape index (κ1) is 29.6. The molecule has 0 fully saturated rings. The van der Waals surface area contributed by atoms with E-state index in [0.29, 0.717) is 18.3 Å². The molecular weight excluding hydrogens is 392 g/mol. The molecule has 0 bridgehead atoms. The highest BCUT2D eigenvalue weighted by molar-refractivity contribution is 5.79. The Balaban J connectivity index is 0. The molecule has 1 amide bonds. The fourth-order valence-corrected chi connectivity index (χ4v) is 1.90. The minimum absolute atomic E-state index is 0.314. The van der Waals surface area contributed by atoms with Crippen LogP contribution in [-0.4, -0.2) is 83.0 Å². The minimum atomic E-state index is -1.79. The zero-order chi connectivity index (χ0) is 23.9. The first-order valence-corrected chi connectivity index (χ1v) is 9.78. The van der Waals surface area contributed by atoms with Gasteiger partial charge in [0.05, 0.1) is 6.42 Å². The number of amides is 1. The van der Waals surface area contributed by atoms with Gasteiger partial charge in [0.1, 0.15) is 5.76 Å². The molecule has 1 rings (SSSR count). The summed E-state index contributed by atoms with van der Waals surface area (Å²) in [5.41, 5.74) is 1.23. The normalized spacial score (nSPS) is 14.4. The molecule has 172 valence electrons. The van der Waals surface area contributed by atoms with Crippen molar-refractivity contribution in [1.29, 1.82) is 0 Å². The molecular formula is C21H36N2O7. The van der Waals surface area contributed by atoms with Crippen LogP contribution in [0, 0.1) is 0 Å². The van der Waals surface area contributed by atoms with Gasteiger partial charge in [-0.3, -0.25) is 4.79 Å². The molecule has 1 unspecified atom stereocenters. The Kier molecular flexibility index (Phi) is 15.9. The Hall–Kier alpha value is -2.65. The number of allylic oxidation sites excluding steroid dienone is 4. The van der Waals surface area contributed by atoms with Crippen LogP contribution in [-0.2, 0) is 14.3 Å². The largest absolute Gasteiger partial charge is 0.481 e. The van der Waals surface area contributed by atoms with E-state index in [4.69, 9.17) is 20.1 Å². The van der Waals surface area contributed by atoms with Gasteiger partial charge in [-0.2, -0.15) is 0 Å². The molecule has 30 heavy (non-hydrogen) atoms. The molecule has 3 N–H and O–H groups in total. The third-order valence-electron chi connectivity index (χ3n) is 4.03. The second-order valence-corrected chi connectivity index (χ2v) is 6.39. The smallest absolute Gasteiger partial charge is 0.414 e. The van der Waals surface area contributed by atoms with E-state index in [9.17, 15) is 14.4 Å². The minimum Gasteiger partial charge on any atom is -0.481 e. The van der Waals surface area contributed by atoms with Crippen LogP contribution in [0.4, 0.5) is 4.79 Å². The van der Waals surface area contributed by atoms with E-state index in [1.807, 2.05) is 53.1 Å². The monoisotopic (exact) mass is 428 g/mol. The van der Waals surface area contributed by atoms with Crippen molar-refractivity contribution >= 4 is 18.0 Å². The third kappa shape index (κ3) is 12.7. The molecule has 0 aromatic rings. The summed E-state index contributed by atoms with van der Waals surface area (Å²) in [5.74, 6) is -2.25. The summed E-state index contributed by atoms with van der Waals surface area (Å²) in [5, 5.41) is 24.1. The molecule has 0 saturated carbocycles. The molecule has 0 aromatic carbocycles. The van der Waals surface area contributed by atoms with E-state index in [1.54, 1.807) is 11.9 Å². The molecule has 1 aliphatic carbocycles. The molecule has 0 spiro atoms. The number of nitrogens with zero attached hydrogens (tertiary/aromatic N) is 2. The third-order valence-corrected chi connectivity index (χ3v) is 4.03. The van der Waals surface area contributed by atoms with Gasteiger partial charge in [-0.1, -0.05) is 26.0 Å². The van der Waals surface area contributed by atoms with Crippen molar-refractivity contribution in [2.24, 2.45) is 0 Å². The molecule has 0 saturated heterocycles. The lowest BCUT2D eigenvalue weighted by molar-refractivity contribution is -0.152. The predicted octanol–water partition coefficient (Wildman–Crippen LogP) is 2.73. The van der Waals surface area contributed by atoms with Crippen LogP contribution < -0.4 is 0 Å². The Morgan fingerprint density at radius 1 is 1.17 bits per heavy atom. The van der Waals surface area contributed by atoms with Crippen LogP contribution >= 0.6 is 0 Å². The second kappa shape index (κ2) is 16.2. The number of ether oxygens (including phenoxy) is 1. The number of hydrogen-bond acceptors (Lipinski definition) is 6. The maximum absolute atomic E-state index is 11.8. The summed E-state index contributed by atoms with van der Waals surface area (Å²) < 4.78 is 5.39. The number of likely N-dealkylation sites (N-methyl/N-ethyl adjacent to an activating group) is 1. The van der Waals surface area contributed by atoms with E-state index in [2.05, 4.69) is 17.9 Å². The average molecular weight is 429 g/mol. The maximum atomic E-state index is 11.8. The van der Waals surface area contributed by atoms with Gasteiger partial charge in [0.15, 0.2) is 6.10 Å². The number of carbonyl (C=O) groups excluding carboxylic acids is 1. The quantitative estimate of drug-likeness (QED) is 0.565. The summed E-state index contributed by atoms with van der Waals surface area (Å²) in [6.45, 7) is 8.69. The van der Waals surface area contributed by atoms with Gasteiger partial charge in [-0.15, -0.1) is 0 Å². The first-order chi connectivity index (χ1) is 14.0. The van der Waals surface area contributed by atoms with Crippen molar-refractivity contribution in [3.05, 3.63) is 35.6 Å². The highest BCUT2D eigenvalue weighted by Crippen LogP contribution is 2.19. The van der Waals surface area contributed by atoms with Crippen molar-refractivity contribution in [1.82, 2.24) is 9.80 Å². The highest BCUT2D eigenvalue weighted by Gasteiger charge is 2.16. The predicted molar refractivity (Wildman–Crippen MR) is 115 cm³/mol. The van der Waals surface area contributed by atoms with Crippen molar-refractivity contribution in [3.63, 3.8) is 0 Å². The van der Waals surface area contributed by atoms with Gasteiger partial charge in [0.2, 0.25) is 0 Å². The number of aliphatic carboxylic acids is 2. The number of aliphatic hydroxyl groups is 1. The molecule has 1 aliphatic rings. The summed E-state index contributed by atoms with van der Waals surface area (Å²) >= 11 is 0. The number of aliphatic hydroxyl groups excluding tert-OH is 1. The molecule has 0 heterocycles. The molecule has 9 nitrogen and oxygen atoms in total. The summed E-state index contributed by atoms with van der Waals surface area (Å²) in [6.07, 6.45) is 5.81. The van der Waals surface area contributed by atoms with Crippen LogP contribution in [0.5, 0.6) is 0 Å². The zero-order valence-electron chi connectivity index (χ0n) is 19.0. The topological polar surface area (TPSA) is 128 Å². The van der Waals surface area contributed by atoms with Gasteiger partial charge in [-0.05, 0) is 52.1 Å². The van der Waals surface area contributed by atoms with Crippen LogP contribution in [0.3, 0.4) is 0 Å². The maximum Gasteiger partial charge on any atom is 0.414 e. The van der Waals surface area contributed by atoms with Crippen molar-refractivity contribution in [3.8, 4) is 0 Å². The van der Waals surface area contributed by atoms with E-state index in [1.165, 1.54) is 5.57 Å². The zero-order valence-corrected chi connectivity index (χ0v) is 19.0. The summed E-state index contributed by atoms with van der Waals surface area (Å²) in [7, 11) is 5.81. The fourth-order valence-electron chi connectivity index (χ4n) is 1.90. The van der Waals surface area contributed by atoms with Crippen molar-refractivity contribution in [2.45, 2.75) is 52.7 Å².